The second kappa shape index (κ2) is 9.39. The summed E-state index contributed by atoms with van der Waals surface area (Å²) < 4.78 is 0. The summed E-state index contributed by atoms with van der Waals surface area (Å²) in [6.07, 6.45) is 5.34. The number of benzene rings is 1. The maximum Gasteiger partial charge on any atom is 0.303 e. The number of carboxylic acid groups (broad SMARTS) is 1. The molecule has 0 heterocycles. The van der Waals surface area contributed by atoms with Gasteiger partial charge >= 0.3 is 5.97 Å². The highest BCUT2D eigenvalue weighted by molar-refractivity contribution is 5.66. The molecule has 4 heteroatoms. The molecule has 106 valence electrons. The summed E-state index contributed by atoms with van der Waals surface area (Å²) in [6.45, 7) is 1.61. The second-order valence-electron chi connectivity index (χ2n) is 4.72. The normalized spacial score (nSPS) is 10.5. The van der Waals surface area contributed by atoms with E-state index in [2.05, 4.69) is 5.32 Å². The topological polar surface area (TPSA) is 69.6 Å². The number of nitrogens with one attached hydrogen (secondary N) is 1. The standard InChI is InChI=1S/C15H23NO3/c17-14-9-6-5-8-13(14)12-16-11-7-3-1-2-4-10-15(18)19/h5-6,8-9,16-17H,1-4,7,10-12H2,(H,18,19). The molecule has 0 aliphatic heterocycles. The van der Waals surface area contributed by atoms with Crippen molar-refractivity contribution in [2.24, 2.45) is 0 Å². The Morgan fingerprint density at radius 3 is 2.47 bits per heavy atom. The Kier molecular flexibility index (Phi) is 7.66. The van der Waals surface area contributed by atoms with E-state index in [0.29, 0.717) is 12.3 Å². The number of unbranched alkanes of at least 4 members (excludes halogenated alkanes) is 4. The minimum absolute atomic E-state index is 0.283. The van der Waals surface area contributed by atoms with Crippen molar-refractivity contribution in [3.63, 3.8) is 0 Å². The molecule has 0 aliphatic carbocycles. The Morgan fingerprint density at radius 1 is 1.05 bits per heavy atom. The van der Waals surface area contributed by atoms with Gasteiger partial charge in [-0.15, -0.1) is 0 Å². The number of carbonyl (C=O) groups is 1. The average Bonchev–Trinajstić information content (AvgIpc) is 2.38. The molecule has 0 saturated heterocycles. The number of rotatable bonds is 10. The number of para-hydroxylation sites is 1. The molecular formula is C15H23NO3. The first-order valence-corrected chi connectivity index (χ1v) is 6.89. The summed E-state index contributed by atoms with van der Waals surface area (Å²) in [5.74, 6) is -0.368. The fourth-order valence-electron chi connectivity index (χ4n) is 1.94. The molecule has 3 N–H and O–H groups in total. The van der Waals surface area contributed by atoms with Crippen LogP contribution >= 0.6 is 0 Å². The minimum atomic E-state index is -0.704. The van der Waals surface area contributed by atoms with Crippen LogP contribution in [-0.2, 0) is 11.3 Å². The third kappa shape index (κ3) is 7.47. The molecule has 19 heavy (non-hydrogen) atoms. The van der Waals surface area contributed by atoms with Crippen LogP contribution in [0.4, 0.5) is 0 Å². The first kappa shape index (κ1) is 15.5. The van der Waals surface area contributed by atoms with Crippen molar-refractivity contribution >= 4 is 5.97 Å². The molecule has 0 aromatic heterocycles. The zero-order chi connectivity index (χ0) is 13.9. The zero-order valence-corrected chi connectivity index (χ0v) is 11.3. The molecule has 1 aromatic carbocycles. The monoisotopic (exact) mass is 265 g/mol. The molecule has 0 fully saturated rings. The third-order valence-electron chi connectivity index (χ3n) is 3.05. The largest absolute Gasteiger partial charge is 0.508 e. The Morgan fingerprint density at radius 2 is 1.74 bits per heavy atom. The van der Waals surface area contributed by atoms with E-state index < -0.39 is 5.97 Å². The highest BCUT2D eigenvalue weighted by Gasteiger charge is 1.99. The molecule has 0 radical (unpaired) electrons. The second-order valence-corrected chi connectivity index (χ2v) is 4.72. The molecule has 0 saturated carbocycles. The molecule has 0 bridgehead atoms. The van der Waals surface area contributed by atoms with Crippen molar-refractivity contribution in [2.45, 2.75) is 45.1 Å². The number of hydrogen-bond donors (Lipinski definition) is 3. The van der Waals surface area contributed by atoms with Crippen molar-refractivity contribution in [1.29, 1.82) is 0 Å². The van der Waals surface area contributed by atoms with Gasteiger partial charge in [0.2, 0.25) is 0 Å². The Bertz CT molecular complexity index is 379. The molecular weight excluding hydrogens is 242 g/mol. The van der Waals surface area contributed by atoms with Gasteiger partial charge in [0.25, 0.3) is 0 Å². The van der Waals surface area contributed by atoms with Gasteiger partial charge in [0.05, 0.1) is 0 Å². The van der Waals surface area contributed by atoms with Crippen molar-refractivity contribution < 1.29 is 15.0 Å². The summed E-state index contributed by atoms with van der Waals surface area (Å²) in [4.78, 5) is 10.3. The van der Waals surface area contributed by atoms with E-state index in [1.807, 2.05) is 18.2 Å². The van der Waals surface area contributed by atoms with E-state index in [4.69, 9.17) is 5.11 Å². The summed E-state index contributed by atoms with van der Waals surface area (Å²) in [5, 5.41) is 21.4. The van der Waals surface area contributed by atoms with E-state index in [1.165, 1.54) is 0 Å². The van der Waals surface area contributed by atoms with E-state index >= 15 is 0 Å². The van der Waals surface area contributed by atoms with Crippen LogP contribution in [0, 0.1) is 0 Å². The number of aromatic hydroxyl groups is 1. The predicted molar refractivity (Wildman–Crippen MR) is 75.2 cm³/mol. The van der Waals surface area contributed by atoms with Gasteiger partial charge in [-0.05, 0) is 25.5 Å². The number of aliphatic carboxylic acids is 1. The summed E-state index contributed by atoms with van der Waals surface area (Å²) in [5.41, 5.74) is 0.920. The van der Waals surface area contributed by atoms with E-state index in [9.17, 15) is 9.90 Å². The van der Waals surface area contributed by atoms with Crippen LogP contribution in [0.3, 0.4) is 0 Å². The van der Waals surface area contributed by atoms with Gasteiger partial charge in [0.15, 0.2) is 0 Å². The zero-order valence-electron chi connectivity index (χ0n) is 11.3. The molecule has 0 unspecified atom stereocenters. The summed E-state index contributed by atoms with van der Waals surface area (Å²) in [6, 6.07) is 7.34. The smallest absolute Gasteiger partial charge is 0.303 e. The van der Waals surface area contributed by atoms with E-state index in [0.717, 1.165) is 44.2 Å². The lowest BCUT2D eigenvalue weighted by Crippen LogP contribution is -2.14. The van der Waals surface area contributed by atoms with Crippen LogP contribution in [0.25, 0.3) is 0 Å². The molecule has 1 rings (SSSR count). The summed E-state index contributed by atoms with van der Waals surface area (Å²) in [7, 11) is 0. The lowest BCUT2D eigenvalue weighted by Gasteiger charge is -2.06. The van der Waals surface area contributed by atoms with Crippen molar-refractivity contribution in [1.82, 2.24) is 5.32 Å². The SMILES string of the molecule is O=C(O)CCCCCCCNCc1ccccc1O. The number of phenols is 1. The van der Waals surface area contributed by atoms with Crippen LogP contribution in [0.1, 0.15) is 44.1 Å². The molecule has 0 atom stereocenters. The lowest BCUT2D eigenvalue weighted by atomic mass is 10.1. The van der Waals surface area contributed by atoms with Crippen molar-refractivity contribution in [3.05, 3.63) is 29.8 Å². The van der Waals surface area contributed by atoms with Gasteiger partial charge in [-0.1, -0.05) is 37.5 Å². The number of phenolic OH excluding ortho intramolecular Hbond substituents is 1. The van der Waals surface area contributed by atoms with Gasteiger partial charge in [0, 0.05) is 18.5 Å². The fraction of sp³-hybridized carbons (Fsp3) is 0.533. The van der Waals surface area contributed by atoms with Crippen molar-refractivity contribution in [2.75, 3.05) is 6.54 Å². The Balaban J connectivity index is 1.94. The Labute approximate surface area is 114 Å². The first-order valence-electron chi connectivity index (χ1n) is 6.89. The highest BCUT2D eigenvalue weighted by Crippen LogP contribution is 2.14. The number of hydrogen-bond acceptors (Lipinski definition) is 3. The van der Waals surface area contributed by atoms with E-state index in [1.54, 1.807) is 6.07 Å². The van der Waals surface area contributed by atoms with E-state index in [-0.39, 0.29) is 6.42 Å². The molecule has 0 spiro atoms. The predicted octanol–water partition coefficient (Wildman–Crippen LogP) is 2.91. The third-order valence-corrected chi connectivity index (χ3v) is 3.05. The number of carboxylic acids is 1. The van der Waals surface area contributed by atoms with Crippen LogP contribution < -0.4 is 5.32 Å². The quantitative estimate of drug-likeness (QED) is 0.569. The van der Waals surface area contributed by atoms with Gasteiger partial charge in [-0.2, -0.15) is 0 Å². The van der Waals surface area contributed by atoms with Gasteiger partial charge < -0.3 is 15.5 Å². The van der Waals surface area contributed by atoms with Crippen LogP contribution in [0.2, 0.25) is 0 Å². The van der Waals surface area contributed by atoms with Crippen LogP contribution in [0.5, 0.6) is 5.75 Å². The molecule has 0 aliphatic rings. The van der Waals surface area contributed by atoms with Gasteiger partial charge in [-0.25, -0.2) is 0 Å². The molecule has 0 amide bonds. The highest BCUT2D eigenvalue weighted by atomic mass is 16.4. The minimum Gasteiger partial charge on any atom is -0.508 e. The summed E-state index contributed by atoms with van der Waals surface area (Å²) >= 11 is 0. The lowest BCUT2D eigenvalue weighted by molar-refractivity contribution is -0.137. The van der Waals surface area contributed by atoms with Crippen LogP contribution in [-0.4, -0.2) is 22.7 Å². The fourth-order valence-corrected chi connectivity index (χ4v) is 1.94. The van der Waals surface area contributed by atoms with Gasteiger partial charge in [0.1, 0.15) is 5.75 Å². The maximum atomic E-state index is 10.3. The molecule has 1 aromatic rings. The first-order chi connectivity index (χ1) is 9.20. The Hall–Kier alpha value is -1.55. The maximum absolute atomic E-state index is 10.3. The van der Waals surface area contributed by atoms with Gasteiger partial charge in [-0.3, -0.25) is 4.79 Å². The van der Waals surface area contributed by atoms with Crippen molar-refractivity contribution in [3.8, 4) is 5.75 Å². The average molecular weight is 265 g/mol. The molecule has 4 nitrogen and oxygen atoms in total. The van der Waals surface area contributed by atoms with Crippen LogP contribution in [0.15, 0.2) is 24.3 Å².